The number of methoxy groups -OCH3 is 2. The molecule has 5 nitrogen and oxygen atoms in total. The first-order valence-corrected chi connectivity index (χ1v) is 11.8. The summed E-state index contributed by atoms with van der Waals surface area (Å²) >= 11 is 0. The predicted molar refractivity (Wildman–Crippen MR) is 125 cm³/mol. The lowest BCUT2D eigenvalue weighted by Gasteiger charge is -2.35. The van der Waals surface area contributed by atoms with E-state index in [1.165, 1.54) is 62.1 Å². The summed E-state index contributed by atoms with van der Waals surface area (Å²) in [6.45, 7) is 7.21. The maximum Gasteiger partial charge on any atom is 0.161 e. The van der Waals surface area contributed by atoms with Crippen molar-refractivity contribution < 1.29 is 9.47 Å². The van der Waals surface area contributed by atoms with Gasteiger partial charge in [-0.05, 0) is 92.4 Å². The van der Waals surface area contributed by atoms with Crippen LogP contribution in [0.2, 0.25) is 0 Å². The van der Waals surface area contributed by atoms with E-state index in [0.717, 1.165) is 49.8 Å². The van der Waals surface area contributed by atoms with Crippen molar-refractivity contribution in [2.24, 2.45) is 5.92 Å². The van der Waals surface area contributed by atoms with Crippen LogP contribution in [0.4, 0.5) is 0 Å². The van der Waals surface area contributed by atoms with Crippen molar-refractivity contribution >= 4 is 0 Å². The molecular weight excluding hydrogens is 386 g/mol. The average molecular weight is 424 g/mol. The Bertz CT molecular complexity index is 792. The lowest BCUT2D eigenvalue weighted by Crippen LogP contribution is -2.42. The van der Waals surface area contributed by atoms with Crippen LogP contribution in [0.3, 0.4) is 0 Å². The second kappa shape index (κ2) is 11.0. The Morgan fingerprint density at radius 2 is 1.74 bits per heavy atom. The molecule has 0 bridgehead atoms. The number of benzene rings is 1. The van der Waals surface area contributed by atoms with Gasteiger partial charge in [0, 0.05) is 38.6 Å². The lowest BCUT2D eigenvalue weighted by atomic mass is 9.97. The first kappa shape index (κ1) is 22.1. The quantitative estimate of drug-likeness (QED) is 0.645. The molecule has 4 rings (SSSR count). The van der Waals surface area contributed by atoms with Gasteiger partial charge in [0.1, 0.15) is 0 Å². The predicted octanol–water partition coefficient (Wildman–Crippen LogP) is 3.84. The molecule has 1 saturated heterocycles. The van der Waals surface area contributed by atoms with Crippen LogP contribution in [0.15, 0.2) is 36.7 Å². The van der Waals surface area contributed by atoms with E-state index >= 15 is 0 Å². The first-order valence-electron chi connectivity index (χ1n) is 11.8. The highest BCUT2D eigenvalue weighted by Gasteiger charge is 2.24. The number of aryl methyl sites for hydroxylation is 1. The molecule has 1 fully saturated rings. The molecule has 168 valence electrons. The van der Waals surface area contributed by atoms with E-state index in [1.54, 1.807) is 14.2 Å². The van der Waals surface area contributed by atoms with Crippen LogP contribution in [-0.4, -0.2) is 68.3 Å². The van der Waals surface area contributed by atoms with Crippen molar-refractivity contribution in [2.75, 3.05) is 53.5 Å². The van der Waals surface area contributed by atoms with Crippen LogP contribution in [-0.2, 0) is 19.3 Å². The Morgan fingerprint density at radius 3 is 2.39 bits per heavy atom. The molecule has 0 aliphatic carbocycles. The summed E-state index contributed by atoms with van der Waals surface area (Å²) in [7, 11) is 3.44. The van der Waals surface area contributed by atoms with Gasteiger partial charge in [-0.25, -0.2) is 0 Å². The number of ether oxygens (including phenoxy) is 2. The van der Waals surface area contributed by atoms with Crippen molar-refractivity contribution in [2.45, 2.75) is 38.5 Å². The van der Waals surface area contributed by atoms with Gasteiger partial charge in [-0.1, -0.05) is 6.07 Å². The van der Waals surface area contributed by atoms with Crippen molar-refractivity contribution in [3.63, 3.8) is 0 Å². The summed E-state index contributed by atoms with van der Waals surface area (Å²) in [5, 5.41) is 0. The summed E-state index contributed by atoms with van der Waals surface area (Å²) in [6, 6.07) is 8.59. The second-order valence-electron chi connectivity index (χ2n) is 9.05. The molecule has 0 radical (unpaired) electrons. The number of rotatable bonds is 8. The van der Waals surface area contributed by atoms with Crippen molar-refractivity contribution in [3.8, 4) is 11.5 Å². The molecule has 3 heterocycles. The topological polar surface area (TPSA) is 37.8 Å². The number of hydrogen-bond donors (Lipinski definition) is 0. The van der Waals surface area contributed by atoms with Crippen LogP contribution in [0.25, 0.3) is 0 Å². The number of aromatic nitrogens is 1. The van der Waals surface area contributed by atoms with Gasteiger partial charge in [-0.15, -0.1) is 0 Å². The van der Waals surface area contributed by atoms with Crippen LogP contribution >= 0.6 is 0 Å². The number of likely N-dealkylation sites (tertiary alicyclic amines) is 1. The number of nitrogens with zero attached hydrogens (tertiary/aromatic N) is 3. The standard InChI is InChI=1S/C26H37N3O2/c1-30-25-16-23-9-14-29(15-10-24(23)17-26(25)31-2)20-22-8-5-13-28(19-22)12-4-7-21-6-3-11-27-18-21/h3,6,11,16-18,22H,4-5,7-10,12-15,19-20H2,1-2H3. The minimum atomic E-state index is 0.789. The van der Waals surface area contributed by atoms with Crippen LogP contribution in [0, 0.1) is 5.92 Å². The molecule has 1 atom stereocenters. The zero-order valence-corrected chi connectivity index (χ0v) is 19.2. The minimum Gasteiger partial charge on any atom is -0.493 e. The van der Waals surface area contributed by atoms with Crippen LogP contribution < -0.4 is 9.47 Å². The molecular formula is C26H37N3O2. The molecule has 2 aliphatic heterocycles. The molecule has 5 heteroatoms. The summed E-state index contributed by atoms with van der Waals surface area (Å²) in [4.78, 5) is 9.61. The van der Waals surface area contributed by atoms with Gasteiger partial charge in [-0.3, -0.25) is 4.98 Å². The average Bonchev–Trinajstić information content (AvgIpc) is 3.01. The second-order valence-corrected chi connectivity index (χ2v) is 9.05. The van der Waals surface area contributed by atoms with E-state index < -0.39 is 0 Å². The molecule has 1 aromatic heterocycles. The fourth-order valence-corrected chi connectivity index (χ4v) is 5.20. The van der Waals surface area contributed by atoms with Gasteiger partial charge in [0.15, 0.2) is 11.5 Å². The van der Waals surface area contributed by atoms with E-state index in [2.05, 4.69) is 33.0 Å². The third kappa shape index (κ3) is 5.98. The van der Waals surface area contributed by atoms with Gasteiger partial charge < -0.3 is 19.3 Å². The minimum absolute atomic E-state index is 0.789. The first-order chi connectivity index (χ1) is 15.2. The molecule has 1 unspecified atom stereocenters. The van der Waals surface area contributed by atoms with Crippen molar-refractivity contribution in [1.82, 2.24) is 14.8 Å². The molecule has 0 amide bonds. The molecule has 1 aromatic carbocycles. The Morgan fingerprint density at radius 1 is 1.00 bits per heavy atom. The molecule has 0 spiro atoms. The van der Waals surface area contributed by atoms with E-state index in [-0.39, 0.29) is 0 Å². The van der Waals surface area contributed by atoms with Gasteiger partial charge in [0.05, 0.1) is 14.2 Å². The van der Waals surface area contributed by atoms with E-state index in [9.17, 15) is 0 Å². The zero-order chi connectivity index (χ0) is 21.5. The third-order valence-electron chi connectivity index (χ3n) is 6.88. The summed E-state index contributed by atoms with van der Waals surface area (Å²) in [5.74, 6) is 2.49. The van der Waals surface area contributed by atoms with Gasteiger partial charge >= 0.3 is 0 Å². The number of piperidine rings is 1. The Kier molecular flexibility index (Phi) is 7.81. The lowest BCUT2D eigenvalue weighted by molar-refractivity contribution is 0.134. The maximum absolute atomic E-state index is 5.52. The molecule has 0 saturated carbocycles. The van der Waals surface area contributed by atoms with Crippen LogP contribution in [0.5, 0.6) is 11.5 Å². The monoisotopic (exact) mass is 423 g/mol. The largest absolute Gasteiger partial charge is 0.493 e. The summed E-state index contributed by atoms with van der Waals surface area (Å²) in [5.41, 5.74) is 4.19. The normalized spacial score (nSPS) is 20.1. The Balaban J connectivity index is 1.26. The third-order valence-corrected chi connectivity index (χ3v) is 6.88. The van der Waals surface area contributed by atoms with Crippen LogP contribution in [0.1, 0.15) is 36.0 Å². The number of hydrogen-bond acceptors (Lipinski definition) is 5. The van der Waals surface area contributed by atoms with Gasteiger partial charge in [0.25, 0.3) is 0 Å². The number of fused-ring (bicyclic) bond motifs is 1. The fraction of sp³-hybridized carbons (Fsp3) is 0.577. The molecule has 2 aliphatic rings. The zero-order valence-electron chi connectivity index (χ0n) is 19.2. The highest BCUT2D eigenvalue weighted by atomic mass is 16.5. The molecule has 31 heavy (non-hydrogen) atoms. The van der Waals surface area contributed by atoms with Gasteiger partial charge in [0.2, 0.25) is 0 Å². The number of pyridine rings is 1. The van der Waals surface area contributed by atoms with E-state index in [1.807, 2.05) is 18.5 Å². The molecule has 2 aromatic rings. The SMILES string of the molecule is COc1cc2c(cc1OC)CCN(CC1CCCN(CCCc3cccnc3)C1)CC2. The Hall–Kier alpha value is -2.11. The van der Waals surface area contributed by atoms with Crippen molar-refractivity contribution in [1.29, 1.82) is 0 Å². The highest BCUT2D eigenvalue weighted by molar-refractivity contribution is 5.48. The molecule has 0 N–H and O–H groups in total. The highest BCUT2D eigenvalue weighted by Crippen LogP contribution is 2.32. The summed E-state index contributed by atoms with van der Waals surface area (Å²) < 4.78 is 11.0. The van der Waals surface area contributed by atoms with E-state index in [0.29, 0.717) is 0 Å². The van der Waals surface area contributed by atoms with Crippen molar-refractivity contribution in [3.05, 3.63) is 53.3 Å². The summed E-state index contributed by atoms with van der Waals surface area (Å²) in [6.07, 6.45) is 11.1. The van der Waals surface area contributed by atoms with E-state index in [4.69, 9.17) is 9.47 Å². The van der Waals surface area contributed by atoms with Gasteiger partial charge in [-0.2, -0.15) is 0 Å². The Labute approximate surface area is 187 Å². The fourth-order valence-electron chi connectivity index (χ4n) is 5.20. The maximum atomic E-state index is 5.52. The smallest absolute Gasteiger partial charge is 0.161 e.